The number of anilines is 2. The lowest BCUT2D eigenvalue weighted by Gasteiger charge is -2.24. The molecule has 0 saturated carbocycles. The molecule has 1 aromatic rings. The number of ketones is 1. The summed E-state index contributed by atoms with van der Waals surface area (Å²) in [6, 6.07) is 5.45. The Labute approximate surface area is 101 Å². The first-order valence-electron chi connectivity index (χ1n) is 5.91. The minimum Gasteiger partial charge on any atom is -0.397 e. The van der Waals surface area contributed by atoms with Crippen LogP contribution >= 0.6 is 0 Å². The van der Waals surface area contributed by atoms with E-state index < -0.39 is 0 Å². The molecule has 0 unspecified atom stereocenters. The van der Waals surface area contributed by atoms with Crippen LogP contribution in [0.25, 0.3) is 0 Å². The second-order valence-corrected chi connectivity index (χ2v) is 4.28. The number of Topliss-reactive ketones (excluding diaryl/α,β-unsaturated/α-hetero) is 1. The van der Waals surface area contributed by atoms with E-state index in [2.05, 4.69) is 4.90 Å². The monoisotopic (exact) mass is 234 g/mol. The lowest BCUT2D eigenvalue weighted by molar-refractivity contribution is 0.101. The van der Waals surface area contributed by atoms with Gasteiger partial charge in [0.25, 0.3) is 0 Å². The number of nitrogens with zero attached hydrogens (tertiary/aromatic N) is 1. The zero-order valence-electron chi connectivity index (χ0n) is 10.1. The standard InChI is InChI=1S/C13H18N2O2/c1-10(16)11-3-4-12(14)13(9-11)15-5-2-7-17-8-6-15/h3-4,9H,2,5-8,14H2,1H3. The van der Waals surface area contributed by atoms with Gasteiger partial charge in [0, 0.05) is 25.3 Å². The Morgan fingerprint density at radius 2 is 2.18 bits per heavy atom. The molecule has 4 nitrogen and oxygen atoms in total. The zero-order chi connectivity index (χ0) is 12.3. The summed E-state index contributed by atoms with van der Waals surface area (Å²) < 4.78 is 5.41. The molecule has 0 bridgehead atoms. The number of nitrogens with two attached hydrogens (primary N) is 1. The van der Waals surface area contributed by atoms with E-state index in [1.54, 1.807) is 19.1 Å². The van der Waals surface area contributed by atoms with Crippen LogP contribution in [0.3, 0.4) is 0 Å². The molecule has 17 heavy (non-hydrogen) atoms. The number of benzene rings is 1. The van der Waals surface area contributed by atoms with Gasteiger partial charge in [0.15, 0.2) is 5.78 Å². The van der Waals surface area contributed by atoms with Crippen LogP contribution in [0.5, 0.6) is 0 Å². The summed E-state index contributed by atoms with van der Waals surface area (Å²) >= 11 is 0. The SMILES string of the molecule is CC(=O)c1ccc(N)c(N2CCCOCC2)c1. The van der Waals surface area contributed by atoms with Gasteiger partial charge in [-0.1, -0.05) is 0 Å². The average molecular weight is 234 g/mol. The predicted octanol–water partition coefficient (Wildman–Crippen LogP) is 1.70. The molecule has 0 spiro atoms. The molecule has 1 saturated heterocycles. The van der Waals surface area contributed by atoms with Crippen molar-refractivity contribution in [2.75, 3.05) is 36.9 Å². The van der Waals surface area contributed by atoms with Crippen molar-refractivity contribution in [1.29, 1.82) is 0 Å². The van der Waals surface area contributed by atoms with Crippen molar-refractivity contribution < 1.29 is 9.53 Å². The van der Waals surface area contributed by atoms with E-state index in [9.17, 15) is 4.79 Å². The summed E-state index contributed by atoms with van der Waals surface area (Å²) in [5.74, 6) is 0.0670. The minimum absolute atomic E-state index is 0.0670. The van der Waals surface area contributed by atoms with Crippen molar-refractivity contribution in [2.45, 2.75) is 13.3 Å². The number of carbonyl (C=O) groups excluding carboxylic acids is 1. The number of hydrogen-bond acceptors (Lipinski definition) is 4. The van der Waals surface area contributed by atoms with Crippen LogP contribution in [-0.4, -0.2) is 32.1 Å². The van der Waals surface area contributed by atoms with E-state index in [1.807, 2.05) is 6.07 Å². The minimum atomic E-state index is 0.0670. The quantitative estimate of drug-likeness (QED) is 0.625. The summed E-state index contributed by atoms with van der Waals surface area (Å²) in [5, 5.41) is 0. The largest absolute Gasteiger partial charge is 0.397 e. The van der Waals surface area contributed by atoms with Crippen molar-refractivity contribution in [3.63, 3.8) is 0 Å². The molecule has 92 valence electrons. The van der Waals surface area contributed by atoms with Gasteiger partial charge in [-0.05, 0) is 31.5 Å². The van der Waals surface area contributed by atoms with Crippen LogP contribution in [-0.2, 0) is 4.74 Å². The molecule has 0 atom stereocenters. The second kappa shape index (κ2) is 5.19. The third-order valence-electron chi connectivity index (χ3n) is 3.00. The summed E-state index contributed by atoms with van der Waals surface area (Å²) in [6.45, 7) is 4.82. The van der Waals surface area contributed by atoms with E-state index in [0.29, 0.717) is 12.2 Å². The molecule has 2 N–H and O–H groups in total. The van der Waals surface area contributed by atoms with E-state index in [4.69, 9.17) is 10.5 Å². The van der Waals surface area contributed by atoms with Crippen LogP contribution in [0.15, 0.2) is 18.2 Å². The molecular weight excluding hydrogens is 216 g/mol. The van der Waals surface area contributed by atoms with Crippen LogP contribution < -0.4 is 10.6 Å². The fourth-order valence-electron chi connectivity index (χ4n) is 2.02. The van der Waals surface area contributed by atoms with Gasteiger partial charge in [-0.2, -0.15) is 0 Å². The molecular formula is C13H18N2O2. The molecule has 0 radical (unpaired) electrons. The topological polar surface area (TPSA) is 55.6 Å². The maximum atomic E-state index is 11.4. The molecule has 0 amide bonds. The van der Waals surface area contributed by atoms with Crippen molar-refractivity contribution >= 4 is 17.2 Å². The molecule has 0 aromatic heterocycles. The number of carbonyl (C=O) groups is 1. The third-order valence-corrected chi connectivity index (χ3v) is 3.00. The smallest absolute Gasteiger partial charge is 0.159 e. The Morgan fingerprint density at radius 1 is 1.35 bits per heavy atom. The summed E-state index contributed by atoms with van der Waals surface area (Å²) in [6.07, 6.45) is 0.990. The van der Waals surface area contributed by atoms with E-state index in [0.717, 1.165) is 37.5 Å². The predicted molar refractivity (Wildman–Crippen MR) is 68.5 cm³/mol. The van der Waals surface area contributed by atoms with E-state index >= 15 is 0 Å². The first-order chi connectivity index (χ1) is 8.18. The summed E-state index contributed by atoms with van der Waals surface area (Å²) in [5.41, 5.74) is 8.35. The highest BCUT2D eigenvalue weighted by atomic mass is 16.5. The molecule has 2 rings (SSSR count). The van der Waals surface area contributed by atoms with Crippen molar-refractivity contribution in [3.8, 4) is 0 Å². The van der Waals surface area contributed by atoms with Gasteiger partial charge in [-0.15, -0.1) is 0 Å². The van der Waals surface area contributed by atoms with Gasteiger partial charge in [0.05, 0.1) is 18.0 Å². The zero-order valence-corrected chi connectivity index (χ0v) is 10.1. The second-order valence-electron chi connectivity index (χ2n) is 4.28. The van der Waals surface area contributed by atoms with Crippen LogP contribution in [0.4, 0.5) is 11.4 Å². The van der Waals surface area contributed by atoms with Gasteiger partial charge in [0.1, 0.15) is 0 Å². The number of rotatable bonds is 2. The molecule has 1 aliphatic heterocycles. The molecule has 1 aliphatic rings. The highest BCUT2D eigenvalue weighted by Crippen LogP contribution is 2.25. The molecule has 1 fully saturated rings. The van der Waals surface area contributed by atoms with Gasteiger partial charge in [0.2, 0.25) is 0 Å². The van der Waals surface area contributed by atoms with Gasteiger partial charge >= 0.3 is 0 Å². The van der Waals surface area contributed by atoms with Crippen molar-refractivity contribution in [2.24, 2.45) is 0 Å². The fraction of sp³-hybridized carbons (Fsp3) is 0.462. The van der Waals surface area contributed by atoms with Crippen LogP contribution in [0.2, 0.25) is 0 Å². The first kappa shape index (κ1) is 11.9. The molecule has 0 aliphatic carbocycles. The van der Waals surface area contributed by atoms with Gasteiger partial charge < -0.3 is 15.4 Å². The molecule has 4 heteroatoms. The highest BCUT2D eigenvalue weighted by Gasteiger charge is 2.14. The Bertz CT molecular complexity index is 410. The maximum Gasteiger partial charge on any atom is 0.159 e. The van der Waals surface area contributed by atoms with Crippen molar-refractivity contribution in [1.82, 2.24) is 0 Å². The Kier molecular flexibility index (Phi) is 3.64. The lowest BCUT2D eigenvalue weighted by atomic mass is 10.1. The normalized spacial score (nSPS) is 16.6. The molecule has 1 heterocycles. The number of ether oxygens (including phenoxy) is 1. The Morgan fingerprint density at radius 3 is 2.94 bits per heavy atom. The third kappa shape index (κ3) is 2.77. The van der Waals surface area contributed by atoms with Crippen LogP contribution in [0, 0.1) is 0 Å². The van der Waals surface area contributed by atoms with Gasteiger partial charge in [-0.3, -0.25) is 4.79 Å². The number of nitrogen functional groups attached to an aromatic ring is 1. The van der Waals surface area contributed by atoms with Crippen molar-refractivity contribution in [3.05, 3.63) is 23.8 Å². The Balaban J connectivity index is 2.28. The number of hydrogen-bond donors (Lipinski definition) is 1. The average Bonchev–Trinajstić information content (AvgIpc) is 2.58. The van der Waals surface area contributed by atoms with E-state index in [1.165, 1.54) is 0 Å². The first-order valence-corrected chi connectivity index (χ1v) is 5.91. The van der Waals surface area contributed by atoms with Crippen LogP contribution in [0.1, 0.15) is 23.7 Å². The van der Waals surface area contributed by atoms with E-state index in [-0.39, 0.29) is 5.78 Å². The van der Waals surface area contributed by atoms with Gasteiger partial charge in [-0.25, -0.2) is 0 Å². The summed E-state index contributed by atoms with van der Waals surface area (Å²) in [7, 11) is 0. The maximum absolute atomic E-state index is 11.4. The fourth-order valence-corrected chi connectivity index (χ4v) is 2.02. The summed E-state index contributed by atoms with van der Waals surface area (Å²) in [4.78, 5) is 13.6. The highest BCUT2D eigenvalue weighted by molar-refractivity contribution is 5.96. The lowest BCUT2D eigenvalue weighted by Crippen LogP contribution is -2.26. The Hall–Kier alpha value is -1.55. The molecule has 1 aromatic carbocycles.